The first-order valence-corrected chi connectivity index (χ1v) is 7.99. The highest BCUT2D eigenvalue weighted by Gasteiger charge is 2.55. The molecule has 0 bridgehead atoms. The zero-order valence-electron chi connectivity index (χ0n) is 11.5. The summed E-state index contributed by atoms with van der Waals surface area (Å²) in [4.78, 5) is 11.4. The fourth-order valence-electron chi connectivity index (χ4n) is 1.33. The van der Waals surface area contributed by atoms with Crippen LogP contribution in [0.25, 0.3) is 0 Å². The Bertz CT molecular complexity index is 686. The third-order valence-electron chi connectivity index (χ3n) is 2.92. The fraction of sp³-hybridized carbons (Fsp3) is 0.417. The minimum Gasteiger partial charge on any atom is -0.373 e. The Balaban J connectivity index is 3.09. The van der Waals surface area contributed by atoms with Gasteiger partial charge < -0.3 is 10.4 Å². The van der Waals surface area contributed by atoms with Gasteiger partial charge >= 0.3 is 6.18 Å². The summed E-state index contributed by atoms with van der Waals surface area (Å²) in [7, 11) is -3.54. The molecule has 0 unspecified atom stereocenters. The number of sulfone groups is 1. The van der Waals surface area contributed by atoms with Crippen molar-refractivity contribution in [3.05, 3.63) is 23.2 Å². The van der Waals surface area contributed by atoms with Crippen LogP contribution in [0.3, 0.4) is 0 Å². The first-order valence-electron chi connectivity index (χ1n) is 5.95. The predicted octanol–water partition coefficient (Wildman–Crippen LogP) is 2.39. The van der Waals surface area contributed by atoms with Gasteiger partial charge in [-0.3, -0.25) is 4.79 Å². The molecule has 0 aliphatic carbocycles. The van der Waals surface area contributed by atoms with Crippen molar-refractivity contribution in [2.45, 2.75) is 30.5 Å². The van der Waals surface area contributed by atoms with E-state index in [2.05, 4.69) is 0 Å². The summed E-state index contributed by atoms with van der Waals surface area (Å²) in [5.74, 6) is -1.91. The molecule has 0 spiro atoms. The van der Waals surface area contributed by atoms with Gasteiger partial charge in [-0.15, -0.1) is 0 Å². The van der Waals surface area contributed by atoms with Crippen LogP contribution < -0.4 is 5.32 Å². The van der Waals surface area contributed by atoms with E-state index in [0.29, 0.717) is 6.92 Å². The molecule has 22 heavy (non-hydrogen) atoms. The standard InChI is InChI=1S/C12H13ClF3NO4S/c1-3-22(20,21)7-4-5-9(8(13)6-7)17-10(18)11(2,19)12(14,15)16/h4-6,19H,3H2,1-2H3,(H,17,18)/t11-/m1/s1. The lowest BCUT2D eigenvalue weighted by Gasteiger charge is -2.25. The lowest BCUT2D eigenvalue weighted by Crippen LogP contribution is -2.52. The molecule has 0 aliphatic rings. The van der Waals surface area contributed by atoms with E-state index in [1.54, 1.807) is 0 Å². The lowest BCUT2D eigenvalue weighted by atomic mass is 10.1. The molecule has 0 aliphatic heterocycles. The van der Waals surface area contributed by atoms with Crippen LogP contribution >= 0.6 is 11.6 Å². The average Bonchev–Trinajstić information content (AvgIpc) is 2.39. The van der Waals surface area contributed by atoms with E-state index >= 15 is 0 Å². The van der Waals surface area contributed by atoms with Gasteiger partial charge in [0.2, 0.25) is 5.60 Å². The van der Waals surface area contributed by atoms with Crippen molar-refractivity contribution in [3.63, 3.8) is 0 Å². The van der Waals surface area contributed by atoms with Crippen LogP contribution in [-0.2, 0) is 14.6 Å². The smallest absolute Gasteiger partial charge is 0.373 e. The molecule has 10 heteroatoms. The van der Waals surface area contributed by atoms with Crippen molar-refractivity contribution in [2.75, 3.05) is 11.1 Å². The number of alkyl halides is 3. The number of hydrogen-bond donors (Lipinski definition) is 2. The summed E-state index contributed by atoms with van der Waals surface area (Å²) in [6.07, 6.45) is -5.17. The molecule has 0 fully saturated rings. The van der Waals surface area contributed by atoms with E-state index in [9.17, 15) is 31.5 Å². The van der Waals surface area contributed by atoms with Crippen LogP contribution in [0, 0.1) is 0 Å². The normalized spacial score (nSPS) is 15.2. The van der Waals surface area contributed by atoms with Gasteiger partial charge in [0.15, 0.2) is 9.84 Å². The summed E-state index contributed by atoms with van der Waals surface area (Å²) < 4.78 is 60.9. The largest absolute Gasteiger partial charge is 0.426 e. The molecule has 124 valence electrons. The molecule has 0 heterocycles. The van der Waals surface area contributed by atoms with Gasteiger partial charge in [0.25, 0.3) is 5.91 Å². The Morgan fingerprint density at radius 2 is 1.91 bits per heavy atom. The maximum absolute atomic E-state index is 12.5. The molecule has 1 aromatic carbocycles. The molecule has 1 atom stereocenters. The highest BCUT2D eigenvalue weighted by atomic mass is 35.5. The van der Waals surface area contributed by atoms with E-state index in [4.69, 9.17) is 11.6 Å². The lowest BCUT2D eigenvalue weighted by molar-refractivity contribution is -0.242. The van der Waals surface area contributed by atoms with Crippen LogP contribution in [0.1, 0.15) is 13.8 Å². The first kappa shape index (κ1) is 18.7. The molecule has 0 aromatic heterocycles. The van der Waals surface area contributed by atoms with Gasteiger partial charge in [-0.1, -0.05) is 18.5 Å². The summed E-state index contributed by atoms with van der Waals surface area (Å²) in [5, 5.41) is 10.8. The Morgan fingerprint density at radius 1 is 1.36 bits per heavy atom. The molecular formula is C12H13ClF3NO4S. The number of anilines is 1. The quantitative estimate of drug-likeness (QED) is 0.864. The third kappa shape index (κ3) is 3.71. The number of amides is 1. The van der Waals surface area contributed by atoms with Gasteiger partial charge in [0.05, 0.1) is 21.4 Å². The second kappa shape index (κ2) is 6.05. The van der Waals surface area contributed by atoms with Gasteiger partial charge in [-0.05, 0) is 25.1 Å². The van der Waals surface area contributed by atoms with Crippen molar-refractivity contribution in [1.29, 1.82) is 0 Å². The first-order chi connectivity index (χ1) is 9.83. The van der Waals surface area contributed by atoms with Crippen molar-refractivity contribution in [2.24, 2.45) is 0 Å². The van der Waals surface area contributed by atoms with E-state index in [1.807, 2.05) is 5.32 Å². The van der Waals surface area contributed by atoms with E-state index in [1.165, 1.54) is 6.92 Å². The Hall–Kier alpha value is -1.32. The number of rotatable bonds is 4. The molecule has 1 amide bonds. The van der Waals surface area contributed by atoms with E-state index in [0.717, 1.165) is 18.2 Å². The number of nitrogens with one attached hydrogen (secondary N) is 1. The van der Waals surface area contributed by atoms with Crippen molar-refractivity contribution in [1.82, 2.24) is 0 Å². The van der Waals surface area contributed by atoms with Crippen LogP contribution in [0.15, 0.2) is 23.1 Å². The maximum Gasteiger partial charge on any atom is 0.426 e. The SMILES string of the molecule is CCS(=O)(=O)c1ccc(NC(=O)[C@@](C)(O)C(F)(F)F)c(Cl)c1. The van der Waals surface area contributed by atoms with Gasteiger partial charge in [0, 0.05) is 0 Å². The fourth-order valence-corrected chi connectivity index (χ4v) is 2.53. The zero-order valence-corrected chi connectivity index (χ0v) is 13.1. The number of aliphatic hydroxyl groups is 1. The van der Waals surface area contributed by atoms with E-state index in [-0.39, 0.29) is 21.4 Å². The second-order valence-electron chi connectivity index (χ2n) is 4.57. The van der Waals surface area contributed by atoms with Gasteiger partial charge in [0.1, 0.15) is 0 Å². The summed E-state index contributed by atoms with van der Waals surface area (Å²) >= 11 is 5.76. The molecule has 1 rings (SSSR count). The molecule has 0 saturated heterocycles. The minimum atomic E-state index is -5.17. The summed E-state index contributed by atoms with van der Waals surface area (Å²) in [6.45, 7) is 1.71. The molecule has 5 nitrogen and oxygen atoms in total. The summed E-state index contributed by atoms with van der Waals surface area (Å²) in [6, 6.07) is 3.16. The van der Waals surface area contributed by atoms with Crippen molar-refractivity contribution in [3.8, 4) is 0 Å². The molecular weight excluding hydrogens is 347 g/mol. The maximum atomic E-state index is 12.5. The molecule has 0 radical (unpaired) electrons. The van der Waals surface area contributed by atoms with Crippen LogP contribution in [-0.4, -0.2) is 37.0 Å². The number of benzene rings is 1. The molecule has 1 aromatic rings. The number of hydrogen-bond acceptors (Lipinski definition) is 4. The Morgan fingerprint density at radius 3 is 2.32 bits per heavy atom. The van der Waals surface area contributed by atoms with Crippen LogP contribution in [0.4, 0.5) is 18.9 Å². The zero-order chi connectivity index (χ0) is 17.3. The van der Waals surface area contributed by atoms with Gasteiger partial charge in [-0.25, -0.2) is 8.42 Å². The second-order valence-corrected chi connectivity index (χ2v) is 7.25. The Kier molecular flexibility index (Phi) is 5.15. The number of carbonyl (C=O) groups is 1. The van der Waals surface area contributed by atoms with E-state index < -0.39 is 27.5 Å². The molecule has 0 saturated carbocycles. The predicted molar refractivity (Wildman–Crippen MR) is 74.5 cm³/mol. The van der Waals surface area contributed by atoms with Crippen LogP contribution in [0.2, 0.25) is 5.02 Å². The average molecular weight is 360 g/mol. The highest BCUT2D eigenvalue weighted by Crippen LogP contribution is 2.32. The third-order valence-corrected chi connectivity index (χ3v) is 4.97. The summed E-state index contributed by atoms with van der Waals surface area (Å²) in [5.41, 5.74) is -3.85. The number of carbonyl (C=O) groups excluding carboxylic acids is 1. The highest BCUT2D eigenvalue weighted by molar-refractivity contribution is 7.91. The minimum absolute atomic E-state index is 0.124. The number of halogens is 4. The Labute approximate surface area is 130 Å². The van der Waals surface area contributed by atoms with Crippen molar-refractivity contribution >= 4 is 33.0 Å². The monoisotopic (exact) mass is 359 g/mol. The van der Waals surface area contributed by atoms with Crippen molar-refractivity contribution < 1.29 is 31.5 Å². The van der Waals surface area contributed by atoms with Gasteiger partial charge in [-0.2, -0.15) is 13.2 Å². The topological polar surface area (TPSA) is 83.5 Å². The van der Waals surface area contributed by atoms with Crippen LogP contribution in [0.5, 0.6) is 0 Å². The molecule has 2 N–H and O–H groups in total.